The van der Waals surface area contributed by atoms with Crippen molar-refractivity contribution in [3.05, 3.63) is 42.0 Å². The molecule has 1 atom stereocenters. The summed E-state index contributed by atoms with van der Waals surface area (Å²) >= 11 is 0. The van der Waals surface area contributed by atoms with Crippen molar-refractivity contribution in [3.63, 3.8) is 0 Å². The number of hydrogen-bond acceptors (Lipinski definition) is 5. The Kier molecular flexibility index (Phi) is 4.68. The molecule has 0 bridgehead atoms. The molecule has 0 spiro atoms. The Morgan fingerprint density at radius 1 is 1.24 bits per heavy atom. The lowest BCUT2D eigenvalue weighted by Crippen LogP contribution is -2.31. The highest BCUT2D eigenvalue weighted by Crippen LogP contribution is 2.40. The Morgan fingerprint density at radius 3 is 2.88 bits per heavy atom. The molecule has 2 aliphatic rings. The third-order valence-electron chi connectivity index (χ3n) is 4.80. The lowest BCUT2D eigenvalue weighted by molar-refractivity contribution is -0.132. The van der Waals surface area contributed by atoms with Gasteiger partial charge in [0.1, 0.15) is 5.75 Å². The number of amides is 1. The summed E-state index contributed by atoms with van der Waals surface area (Å²) in [6, 6.07) is 9.65. The highest BCUT2D eigenvalue weighted by molar-refractivity contribution is 5.76. The molecule has 1 saturated carbocycles. The van der Waals surface area contributed by atoms with E-state index in [0.29, 0.717) is 31.2 Å². The summed E-state index contributed by atoms with van der Waals surface area (Å²) in [4.78, 5) is 19.0. The van der Waals surface area contributed by atoms with Gasteiger partial charge in [-0.05, 0) is 44.2 Å². The van der Waals surface area contributed by atoms with Crippen LogP contribution in [0.25, 0.3) is 0 Å². The fourth-order valence-electron chi connectivity index (χ4n) is 3.29. The Labute approximate surface area is 147 Å². The van der Waals surface area contributed by atoms with Crippen molar-refractivity contribution in [1.82, 2.24) is 15.0 Å². The minimum absolute atomic E-state index is 0.0289. The molecule has 1 aromatic heterocycles. The van der Waals surface area contributed by atoms with E-state index in [1.54, 1.807) is 0 Å². The van der Waals surface area contributed by atoms with Crippen LogP contribution >= 0.6 is 0 Å². The van der Waals surface area contributed by atoms with Crippen LogP contribution in [0.1, 0.15) is 62.2 Å². The maximum atomic E-state index is 12.6. The van der Waals surface area contributed by atoms with Crippen molar-refractivity contribution < 1.29 is 14.1 Å². The zero-order chi connectivity index (χ0) is 17.1. The molecular weight excluding hydrogens is 318 g/mol. The third-order valence-corrected chi connectivity index (χ3v) is 4.80. The molecule has 1 aliphatic heterocycles. The van der Waals surface area contributed by atoms with Crippen LogP contribution in [0.5, 0.6) is 5.75 Å². The normalized spacial score (nSPS) is 20.0. The van der Waals surface area contributed by atoms with Gasteiger partial charge in [-0.2, -0.15) is 4.98 Å². The summed E-state index contributed by atoms with van der Waals surface area (Å²) in [6.45, 7) is 1.32. The van der Waals surface area contributed by atoms with Gasteiger partial charge in [0.2, 0.25) is 11.8 Å². The second-order valence-electron chi connectivity index (χ2n) is 6.78. The van der Waals surface area contributed by atoms with Gasteiger partial charge in [0.05, 0.1) is 12.6 Å². The van der Waals surface area contributed by atoms with Crippen molar-refractivity contribution in [2.24, 2.45) is 0 Å². The monoisotopic (exact) mass is 341 g/mol. The predicted molar refractivity (Wildman–Crippen MR) is 91.1 cm³/mol. The number of para-hydroxylation sites is 1. The van der Waals surface area contributed by atoms with E-state index in [4.69, 9.17) is 9.26 Å². The molecule has 2 aromatic rings. The van der Waals surface area contributed by atoms with Gasteiger partial charge in [0.25, 0.3) is 0 Å². The van der Waals surface area contributed by atoms with Crippen molar-refractivity contribution in [3.8, 4) is 5.75 Å². The van der Waals surface area contributed by atoms with E-state index in [-0.39, 0.29) is 11.9 Å². The molecule has 0 radical (unpaired) electrons. The van der Waals surface area contributed by atoms with Crippen LogP contribution in [-0.4, -0.2) is 34.1 Å². The number of rotatable bonds is 7. The average Bonchev–Trinajstić information content (AvgIpc) is 3.18. The molecule has 2 fully saturated rings. The lowest BCUT2D eigenvalue weighted by Gasteiger charge is -2.22. The Bertz CT molecular complexity index is 712. The lowest BCUT2D eigenvalue weighted by atomic mass is 10.2. The summed E-state index contributed by atoms with van der Waals surface area (Å²) in [6.07, 6.45) is 5.36. The third kappa shape index (κ3) is 3.83. The molecule has 6 nitrogen and oxygen atoms in total. The predicted octanol–water partition coefficient (Wildman–Crippen LogP) is 3.47. The van der Waals surface area contributed by atoms with E-state index in [2.05, 4.69) is 10.1 Å². The van der Waals surface area contributed by atoms with E-state index >= 15 is 0 Å². The van der Waals surface area contributed by atoms with Gasteiger partial charge in [-0.1, -0.05) is 23.4 Å². The number of benzene rings is 1. The smallest absolute Gasteiger partial charge is 0.229 e. The molecule has 1 aromatic carbocycles. The Morgan fingerprint density at radius 2 is 2.08 bits per heavy atom. The number of nitrogens with zero attached hydrogens (tertiary/aromatic N) is 3. The minimum Gasteiger partial charge on any atom is -0.494 e. The summed E-state index contributed by atoms with van der Waals surface area (Å²) in [5, 5.41) is 4.12. The summed E-state index contributed by atoms with van der Waals surface area (Å²) < 4.78 is 11.0. The molecule has 2 heterocycles. The number of ether oxygens (including phenoxy) is 1. The summed E-state index contributed by atoms with van der Waals surface area (Å²) in [5.74, 6) is 2.85. The topological polar surface area (TPSA) is 68.5 Å². The first-order chi connectivity index (χ1) is 12.3. The second-order valence-corrected chi connectivity index (χ2v) is 6.78. The Balaban J connectivity index is 1.28. The zero-order valence-corrected chi connectivity index (χ0v) is 14.3. The molecule has 4 rings (SSSR count). The van der Waals surface area contributed by atoms with E-state index in [9.17, 15) is 4.79 Å². The molecule has 25 heavy (non-hydrogen) atoms. The van der Waals surface area contributed by atoms with Gasteiger partial charge in [-0.15, -0.1) is 0 Å². The molecule has 132 valence electrons. The van der Waals surface area contributed by atoms with E-state index in [1.165, 1.54) is 0 Å². The molecule has 0 unspecified atom stereocenters. The van der Waals surface area contributed by atoms with Crippen molar-refractivity contribution in [2.75, 3.05) is 13.2 Å². The molecular formula is C19H23N3O3. The van der Waals surface area contributed by atoms with Crippen LogP contribution in [0.15, 0.2) is 34.9 Å². The van der Waals surface area contributed by atoms with Gasteiger partial charge in [-0.3, -0.25) is 4.79 Å². The van der Waals surface area contributed by atoms with Crippen LogP contribution in [0, 0.1) is 0 Å². The maximum absolute atomic E-state index is 12.6. The van der Waals surface area contributed by atoms with E-state index < -0.39 is 0 Å². The standard InChI is InChI=1S/C19H23N3O3/c23-17(9-5-13-24-15-6-2-1-3-7-15)22-12-4-8-16(22)18-20-19(25-21-18)14-10-11-14/h1-3,6-7,14,16H,4-5,8-13H2/t16-/m1/s1. The molecule has 6 heteroatoms. The van der Waals surface area contributed by atoms with Gasteiger partial charge < -0.3 is 14.2 Å². The second kappa shape index (κ2) is 7.25. The summed E-state index contributed by atoms with van der Waals surface area (Å²) in [5.41, 5.74) is 0. The largest absolute Gasteiger partial charge is 0.494 e. The number of carbonyl (C=O) groups is 1. The molecule has 0 N–H and O–H groups in total. The molecule has 1 saturated heterocycles. The van der Waals surface area contributed by atoms with Crippen molar-refractivity contribution in [2.45, 2.75) is 50.5 Å². The van der Waals surface area contributed by atoms with Crippen molar-refractivity contribution >= 4 is 5.91 Å². The van der Waals surface area contributed by atoms with E-state index in [1.807, 2.05) is 35.2 Å². The zero-order valence-electron chi connectivity index (χ0n) is 14.3. The SMILES string of the molecule is O=C(CCCOc1ccccc1)N1CCC[C@@H]1c1noc(C2CC2)n1. The quantitative estimate of drug-likeness (QED) is 0.721. The fraction of sp³-hybridized carbons (Fsp3) is 0.526. The molecule has 1 amide bonds. The number of aromatic nitrogens is 2. The van der Waals surface area contributed by atoms with Crippen LogP contribution in [0.3, 0.4) is 0 Å². The van der Waals surface area contributed by atoms with Crippen LogP contribution in [0.4, 0.5) is 0 Å². The fourth-order valence-corrected chi connectivity index (χ4v) is 3.29. The molecule has 1 aliphatic carbocycles. The first-order valence-electron chi connectivity index (χ1n) is 9.12. The van der Waals surface area contributed by atoms with Gasteiger partial charge in [0.15, 0.2) is 5.82 Å². The maximum Gasteiger partial charge on any atom is 0.229 e. The summed E-state index contributed by atoms with van der Waals surface area (Å²) in [7, 11) is 0. The van der Waals surface area contributed by atoms with Crippen LogP contribution in [-0.2, 0) is 4.79 Å². The van der Waals surface area contributed by atoms with Crippen LogP contribution in [0.2, 0.25) is 0 Å². The van der Waals surface area contributed by atoms with E-state index in [0.717, 1.165) is 43.9 Å². The highest BCUT2D eigenvalue weighted by Gasteiger charge is 2.35. The number of carbonyl (C=O) groups excluding carboxylic acids is 1. The average molecular weight is 341 g/mol. The minimum atomic E-state index is -0.0289. The first-order valence-corrected chi connectivity index (χ1v) is 9.12. The van der Waals surface area contributed by atoms with Gasteiger partial charge in [0, 0.05) is 18.9 Å². The van der Waals surface area contributed by atoms with Gasteiger partial charge >= 0.3 is 0 Å². The van der Waals surface area contributed by atoms with Crippen LogP contribution < -0.4 is 4.74 Å². The number of hydrogen-bond donors (Lipinski definition) is 0. The highest BCUT2D eigenvalue weighted by atomic mass is 16.5. The van der Waals surface area contributed by atoms with Crippen molar-refractivity contribution in [1.29, 1.82) is 0 Å². The van der Waals surface area contributed by atoms with Gasteiger partial charge in [-0.25, -0.2) is 0 Å². The Hall–Kier alpha value is -2.37. The number of likely N-dealkylation sites (tertiary alicyclic amines) is 1. The first kappa shape index (κ1) is 16.1.